The van der Waals surface area contributed by atoms with Crippen molar-refractivity contribution in [2.45, 2.75) is 78.1 Å². The summed E-state index contributed by atoms with van der Waals surface area (Å²) in [5.74, 6) is 0.498. The van der Waals surface area contributed by atoms with Gasteiger partial charge in [0.1, 0.15) is 5.76 Å². The second-order valence-corrected chi connectivity index (χ2v) is 4.63. The van der Waals surface area contributed by atoms with Crippen molar-refractivity contribution in [3.63, 3.8) is 0 Å². The first-order valence-corrected chi connectivity index (χ1v) is 7.09. The van der Waals surface area contributed by atoms with E-state index >= 15 is 0 Å². The molecule has 100 valence electrons. The molecule has 0 unspecified atom stereocenters. The zero-order chi connectivity index (χ0) is 12.9. The van der Waals surface area contributed by atoms with E-state index < -0.39 is 0 Å². The van der Waals surface area contributed by atoms with E-state index in [1.165, 1.54) is 38.5 Å². The number of unbranched alkanes of at least 4 members (excludes halogenated alkanes) is 6. The van der Waals surface area contributed by atoms with Crippen LogP contribution in [0.2, 0.25) is 0 Å². The molecule has 0 aliphatic carbocycles. The number of rotatable bonds is 11. The van der Waals surface area contributed by atoms with E-state index in [4.69, 9.17) is 4.74 Å². The molecule has 0 saturated heterocycles. The molecule has 0 atom stereocenters. The van der Waals surface area contributed by atoms with Gasteiger partial charge in [0.25, 0.3) is 0 Å². The maximum atomic E-state index is 11.2. The molecule has 2 nitrogen and oxygen atoms in total. The van der Waals surface area contributed by atoms with E-state index in [1.807, 2.05) is 6.92 Å². The molecule has 17 heavy (non-hydrogen) atoms. The Morgan fingerprint density at radius 2 is 1.47 bits per heavy atom. The SMILES string of the molecule is C=C(CCCCCCCCC)OC(=O)CCC. The van der Waals surface area contributed by atoms with E-state index in [-0.39, 0.29) is 5.97 Å². The van der Waals surface area contributed by atoms with Gasteiger partial charge in [0, 0.05) is 12.8 Å². The predicted molar refractivity (Wildman–Crippen MR) is 72.8 cm³/mol. The second kappa shape index (κ2) is 11.7. The van der Waals surface area contributed by atoms with Crippen molar-refractivity contribution in [2.24, 2.45) is 0 Å². The van der Waals surface area contributed by atoms with Crippen molar-refractivity contribution in [2.75, 3.05) is 0 Å². The summed E-state index contributed by atoms with van der Waals surface area (Å²) in [5.41, 5.74) is 0. The lowest BCUT2D eigenvalue weighted by atomic mass is 10.1. The lowest BCUT2D eigenvalue weighted by molar-refractivity contribution is -0.139. The first-order valence-electron chi connectivity index (χ1n) is 7.09. The topological polar surface area (TPSA) is 26.3 Å². The summed E-state index contributed by atoms with van der Waals surface area (Å²) < 4.78 is 5.10. The Hall–Kier alpha value is -0.790. The van der Waals surface area contributed by atoms with Crippen molar-refractivity contribution in [1.82, 2.24) is 0 Å². The molecule has 0 heterocycles. The highest BCUT2D eigenvalue weighted by Gasteiger charge is 2.03. The summed E-state index contributed by atoms with van der Waals surface area (Å²) in [5, 5.41) is 0. The van der Waals surface area contributed by atoms with Crippen LogP contribution in [0.15, 0.2) is 12.3 Å². The third-order valence-corrected chi connectivity index (χ3v) is 2.77. The van der Waals surface area contributed by atoms with Crippen LogP contribution in [0.3, 0.4) is 0 Å². The Balaban J connectivity index is 3.30. The predicted octanol–water partition coefficient (Wildman–Crippen LogP) is 4.98. The van der Waals surface area contributed by atoms with Crippen LogP contribution in [-0.4, -0.2) is 5.97 Å². The molecule has 0 bridgehead atoms. The summed E-state index contributed by atoms with van der Waals surface area (Å²) in [6.07, 6.45) is 11.1. The van der Waals surface area contributed by atoms with Gasteiger partial charge in [-0.3, -0.25) is 4.79 Å². The molecule has 0 aromatic heterocycles. The molecule has 0 aromatic carbocycles. The zero-order valence-corrected chi connectivity index (χ0v) is 11.6. The first-order chi connectivity index (χ1) is 8.20. The molecule has 0 rings (SSSR count). The summed E-state index contributed by atoms with van der Waals surface area (Å²) >= 11 is 0. The van der Waals surface area contributed by atoms with E-state index in [0.29, 0.717) is 12.2 Å². The molecular weight excluding hydrogens is 212 g/mol. The van der Waals surface area contributed by atoms with Crippen molar-refractivity contribution < 1.29 is 9.53 Å². The number of ether oxygens (including phenoxy) is 1. The van der Waals surface area contributed by atoms with Gasteiger partial charge in [-0.15, -0.1) is 0 Å². The fraction of sp³-hybridized carbons (Fsp3) is 0.800. The van der Waals surface area contributed by atoms with Gasteiger partial charge in [-0.1, -0.05) is 59.0 Å². The van der Waals surface area contributed by atoms with Crippen LogP contribution in [0, 0.1) is 0 Å². The van der Waals surface area contributed by atoms with Gasteiger partial charge in [0.05, 0.1) is 0 Å². The van der Waals surface area contributed by atoms with Crippen LogP contribution in [0.1, 0.15) is 78.1 Å². The lowest BCUT2D eigenvalue weighted by Crippen LogP contribution is -2.02. The average molecular weight is 240 g/mol. The Kier molecular flexibility index (Phi) is 11.1. The molecule has 0 spiro atoms. The average Bonchev–Trinajstić information content (AvgIpc) is 2.28. The minimum absolute atomic E-state index is 0.138. The quantitative estimate of drug-likeness (QED) is 0.289. The van der Waals surface area contributed by atoms with Crippen LogP contribution in [0.25, 0.3) is 0 Å². The largest absolute Gasteiger partial charge is 0.432 e. The highest BCUT2D eigenvalue weighted by atomic mass is 16.5. The number of hydrogen-bond acceptors (Lipinski definition) is 2. The molecule has 0 aliphatic rings. The maximum absolute atomic E-state index is 11.2. The van der Waals surface area contributed by atoms with E-state index in [0.717, 1.165) is 19.3 Å². The molecule has 0 fully saturated rings. The summed E-state index contributed by atoms with van der Waals surface area (Å²) in [4.78, 5) is 11.2. The smallest absolute Gasteiger partial charge is 0.310 e. The molecular formula is C15H28O2. The highest BCUT2D eigenvalue weighted by Crippen LogP contribution is 2.12. The Labute approximate surface area is 106 Å². The van der Waals surface area contributed by atoms with Gasteiger partial charge >= 0.3 is 5.97 Å². The molecule has 0 amide bonds. The number of hydrogen-bond donors (Lipinski definition) is 0. The number of esters is 1. The molecule has 2 heteroatoms. The molecule has 0 saturated carbocycles. The number of carbonyl (C=O) groups excluding carboxylic acids is 1. The Bertz CT molecular complexity index is 209. The standard InChI is InChI=1S/C15H28O2/c1-4-6-7-8-9-10-11-13-14(3)17-15(16)12-5-2/h3-13H2,1-2H3. The minimum Gasteiger partial charge on any atom is -0.432 e. The number of allylic oxidation sites excluding steroid dienone is 1. The molecule has 0 radical (unpaired) electrons. The van der Waals surface area contributed by atoms with Gasteiger partial charge in [-0.2, -0.15) is 0 Å². The Morgan fingerprint density at radius 3 is 2.06 bits per heavy atom. The Morgan fingerprint density at radius 1 is 0.882 bits per heavy atom. The van der Waals surface area contributed by atoms with Gasteiger partial charge in [0.2, 0.25) is 0 Å². The monoisotopic (exact) mass is 240 g/mol. The van der Waals surface area contributed by atoms with Crippen LogP contribution in [0.5, 0.6) is 0 Å². The van der Waals surface area contributed by atoms with Gasteiger partial charge < -0.3 is 4.74 Å². The van der Waals surface area contributed by atoms with Crippen molar-refractivity contribution in [1.29, 1.82) is 0 Å². The third kappa shape index (κ3) is 11.5. The summed E-state index contributed by atoms with van der Waals surface area (Å²) in [6, 6.07) is 0. The van der Waals surface area contributed by atoms with Crippen LogP contribution in [0.4, 0.5) is 0 Å². The normalized spacial score (nSPS) is 10.2. The van der Waals surface area contributed by atoms with Crippen molar-refractivity contribution >= 4 is 5.97 Å². The minimum atomic E-state index is -0.138. The molecule has 0 N–H and O–H groups in total. The first kappa shape index (κ1) is 16.2. The zero-order valence-electron chi connectivity index (χ0n) is 11.6. The van der Waals surface area contributed by atoms with Crippen molar-refractivity contribution in [3.8, 4) is 0 Å². The van der Waals surface area contributed by atoms with E-state index in [2.05, 4.69) is 13.5 Å². The van der Waals surface area contributed by atoms with Gasteiger partial charge in [0.15, 0.2) is 0 Å². The van der Waals surface area contributed by atoms with Crippen LogP contribution >= 0.6 is 0 Å². The fourth-order valence-corrected chi connectivity index (χ4v) is 1.75. The third-order valence-electron chi connectivity index (χ3n) is 2.77. The van der Waals surface area contributed by atoms with Gasteiger partial charge in [-0.25, -0.2) is 0 Å². The van der Waals surface area contributed by atoms with E-state index in [9.17, 15) is 4.79 Å². The second-order valence-electron chi connectivity index (χ2n) is 4.63. The maximum Gasteiger partial charge on any atom is 0.310 e. The summed E-state index contributed by atoms with van der Waals surface area (Å²) in [7, 11) is 0. The van der Waals surface area contributed by atoms with Crippen LogP contribution < -0.4 is 0 Å². The van der Waals surface area contributed by atoms with Gasteiger partial charge in [-0.05, 0) is 12.8 Å². The van der Waals surface area contributed by atoms with Crippen LogP contribution in [-0.2, 0) is 9.53 Å². The fourth-order valence-electron chi connectivity index (χ4n) is 1.75. The number of carbonyl (C=O) groups is 1. The highest BCUT2D eigenvalue weighted by molar-refractivity contribution is 5.70. The van der Waals surface area contributed by atoms with Crippen molar-refractivity contribution in [3.05, 3.63) is 12.3 Å². The molecule has 0 aliphatic heterocycles. The summed E-state index contributed by atoms with van der Waals surface area (Å²) in [6.45, 7) is 7.98. The molecule has 0 aromatic rings. The lowest BCUT2D eigenvalue weighted by Gasteiger charge is -2.06. The van der Waals surface area contributed by atoms with E-state index in [1.54, 1.807) is 0 Å².